The molecule has 1 aromatic carbocycles. The van der Waals surface area contributed by atoms with Crippen LogP contribution >= 0.6 is 15.9 Å². The molecule has 18 heavy (non-hydrogen) atoms. The summed E-state index contributed by atoms with van der Waals surface area (Å²) >= 11 is 3.57. The molecule has 0 spiro atoms. The molecule has 0 aromatic heterocycles. The highest BCUT2D eigenvalue weighted by Gasteiger charge is 2.22. The first-order valence-corrected chi connectivity index (χ1v) is 7.33. The van der Waals surface area contributed by atoms with Crippen LogP contribution in [-0.2, 0) is 0 Å². The van der Waals surface area contributed by atoms with E-state index < -0.39 is 0 Å². The topological polar surface area (TPSA) is 27.0 Å². The fraction of sp³-hybridized carbons (Fsp3) is 0.533. The van der Waals surface area contributed by atoms with Crippen molar-refractivity contribution in [2.75, 3.05) is 11.9 Å². The average Bonchev–Trinajstić information content (AvgIpc) is 2.38. The molecule has 1 aromatic rings. The maximum absolute atomic E-state index is 8.88. The van der Waals surface area contributed by atoms with Crippen molar-refractivity contribution in [3.05, 3.63) is 28.2 Å². The molecule has 96 valence electrons. The van der Waals surface area contributed by atoms with Crippen LogP contribution in [0.4, 0.5) is 5.69 Å². The predicted octanol–water partition coefficient (Wildman–Crippen LogP) is 4.34. The molecule has 0 radical (unpaired) electrons. The summed E-state index contributed by atoms with van der Waals surface area (Å²) in [6.45, 7) is 2.34. The van der Waals surface area contributed by atoms with E-state index in [9.17, 15) is 0 Å². The zero-order valence-corrected chi connectivity index (χ0v) is 12.6. The highest BCUT2D eigenvalue weighted by Crippen LogP contribution is 2.33. The minimum absolute atomic E-state index is 0.630. The van der Waals surface area contributed by atoms with Crippen molar-refractivity contribution >= 4 is 21.6 Å². The number of nitriles is 1. The average molecular weight is 307 g/mol. The fourth-order valence-corrected chi connectivity index (χ4v) is 3.35. The Labute approximate surface area is 118 Å². The van der Waals surface area contributed by atoms with Gasteiger partial charge in [0.15, 0.2) is 0 Å². The van der Waals surface area contributed by atoms with E-state index in [1.54, 1.807) is 0 Å². The van der Waals surface area contributed by atoms with Crippen LogP contribution in [0.2, 0.25) is 0 Å². The molecule has 0 atom stereocenters. The zero-order valence-electron chi connectivity index (χ0n) is 11.0. The van der Waals surface area contributed by atoms with Gasteiger partial charge in [0.25, 0.3) is 0 Å². The van der Waals surface area contributed by atoms with Gasteiger partial charge in [-0.15, -0.1) is 0 Å². The number of hydrogen-bond acceptors (Lipinski definition) is 2. The molecular weight excluding hydrogens is 288 g/mol. The summed E-state index contributed by atoms with van der Waals surface area (Å²) in [6.07, 6.45) is 5.18. The number of rotatable bonds is 2. The van der Waals surface area contributed by atoms with Gasteiger partial charge in [-0.05, 0) is 65.7 Å². The molecule has 2 rings (SSSR count). The van der Waals surface area contributed by atoms with Gasteiger partial charge in [-0.1, -0.05) is 6.92 Å². The molecule has 1 saturated carbocycles. The third kappa shape index (κ3) is 2.87. The van der Waals surface area contributed by atoms with E-state index in [-0.39, 0.29) is 0 Å². The summed E-state index contributed by atoms with van der Waals surface area (Å²) in [5, 5.41) is 8.88. The molecular formula is C15H19BrN2. The minimum Gasteiger partial charge on any atom is -0.371 e. The van der Waals surface area contributed by atoms with Gasteiger partial charge in [0.2, 0.25) is 0 Å². The Morgan fingerprint density at radius 3 is 2.50 bits per heavy atom. The number of anilines is 1. The monoisotopic (exact) mass is 306 g/mol. The second kappa shape index (κ2) is 5.75. The zero-order chi connectivity index (χ0) is 13.1. The number of hydrogen-bond donors (Lipinski definition) is 0. The van der Waals surface area contributed by atoms with E-state index >= 15 is 0 Å². The molecule has 0 bridgehead atoms. The van der Waals surface area contributed by atoms with Gasteiger partial charge in [-0.2, -0.15) is 5.26 Å². The van der Waals surface area contributed by atoms with Crippen molar-refractivity contribution in [3.8, 4) is 6.07 Å². The van der Waals surface area contributed by atoms with Crippen molar-refractivity contribution in [1.82, 2.24) is 0 Å². The van der Waals surface area contributed by atoms with Crippen LogP contribution in [0.5, 0.6) is 0 Å². The van der Waals surface area contributed by atoms with Crippen LogP contribution in [0, 0.1) is 17.2 Å². The molecule has 1 aliphatic carbocycles. The molecule has 0 unspecified atom stereocenters. The molecule has 0 saturated heterocycles. The Kier molecular flexibility index (Phi) is 4.29. The highest BCUT2D eigenvalue weighted by atomic mass is 79.9. The van der Waals surface area contributed by atoms with E-state index in [4.69, 9.17) is 5.26 Å². The van der Waals surface area contributed by atoms with Crippen molar-refractivity contribution in [2.45, 2.75) is 38.6 Å². The molecule has 2 nitrogen and oxygen atoms in total. The van der Waals surface area contributed by atoms with Gasteiger partial charge in [-0.3, -0.25) is 0 Å². The van der Waals surface area contributed by atoms with Crippen LogP contribution in [0.3, 0.4) is 0 Å². The standard InChI is InChI=1S/C15H19BrN2/c1-11-3-6-13(7-4-11)18(2)15-8-5-12(10-17)9-14(15)16/h5,8-9,11,13H,3-4,6-7H2,1-2H3. The normalized spacial score (nSPS) is 23.4. The Balaban J connectivity index is 2.14. The van der Waals surface area contributed by atoms with Crippen LogP contribution in [0.25, 0.3) is 0 Å². The molecule has 0 N–H and O–H groups in total. The Hall–Kier alpha value is -1.01. The van der Waals surface area contributed by atoms with E-state index in [1.165, 1.54) is 31.4 Å². The second-order valence-electron chi connectivity index (χ2n) is 5.30. The van der Waals surface area contributed by atoms with Gasteiger partial charge in [0.1, 0.15) is 0 Å². The quantitative estimate of drug-likeness (QED) is 0.813. The summed E-state index contributed by atoms with van der Waals surface area (Å²) in [6, 6.07) is 8.63. The first kappa shape index (κ1) is 13.4. The van der Waals surface area contributed by atoms with Gasteiger partial charge < -0.3 is 4.90 Å². The molecule has 0 amide bonds. The first-order valence-electron chi connectivity index (χ1n) is 6.54. The van der Waals surface area contributed by atoms with Gasteiger partial charge in [0, 0.05) is 17.6 Å². The lowest BCUT2D eigenvalue weighted by Gasteiger charge is -2.35. The summed E-state index contributed by atoms with van der Waals surface area (Å²) in [7, 11) is 2.16. The minimum atomic E-state index is 0.630. The third-order valence-electron chi connectivity index (χ3n) is 3.99. The molecule has 1 fully saturated rings. The number of nitrogens with zero attached hydrogens (tertiary/aromatic N) is 2. The first-order chi connectivity index (χ1) is 8.61. The summed E-state index contributed by atoms with van der Waals surface area (Å²) in [4.78, 5) is 2.36. The van der Waals surface area contributed by atoms with E-state index in [0.717, 1.165) is 10.4 Å². The number of benzene rings is 1. The highest BCUT2D eigenvalue weighted by molar-refractivity contribution is 9.10. The molecule has 1 aliphatic rings. The summed E-state index contributed by atoms with van der Waals surface area (Å²) in [5.74, 6) is 0.874. The molecule has 3 heteroatoms. The van der Waals surface area contributed by atoms with Crippen molar-refractivity contribution < 1.29 is 0 Å². The van der Waals surface area contributed by atoms with E-state index in [0.29, 0.717) is 11.6 Å². The molecule has 0 heterocycles. The SMILES string of the molecule is CC1CCC(N(C)c2ccc(C#N)cc2Br)CC1. The van der Waals surface area contributed by atoms with Gasteiger partial charge >= 0.3 is 0 Å². The smallest absolute Gasteiger partial charge is 0.0992 e. The summed E-state index contributed by atoms with van der Waals surface area (Å²) < 4.78 is 1.02. The van der Waals surface area contributed by atoms with Crippen LogP contribution in [-0.4, -0.2) is 13.1 Å². The van der Waals surface area contributed by atoms with E-state index in [2.05, 4.69) is 40.9 Å². The van der Waals surface area contributed by atoms with Crippen LogP contribution < -0.4 is 4.90 Å². The van der Waals surface area contributed by atoms with Gasteiger partial charge in [-0.25, -0.2) is 0 Å². The number of halogens is 1. The van der Waals surface area contributed by atoms with Crippen molar-refractivity contribution in [3.63, 3.8) is 0 Å². The maximum atomic E-state index is 8.88. The molecule has 0 aliphatic heterocycles. The lowest BCUT2D eigenvalue weighted by atomic mass is 9.86. The predicted molar refractivity (Wildman–Crippen MR) is 78.7 cm³/mol. The van der Waals surface area contributed by atoms with E-state index in [1.807, 2.05) is 18.2 Å². The van der Waals surface area contributed by atoms with Crippen molar-refractivity contribution in [1.29, 1.82) is 5.26 Å². The Morgan fingerprint density at radius 1 is 1.28 bits per heavy atom. The summed E-state index contributed by atoms with van der Waals surface area (Å²) in [5.41, 5.74) is 1.89. The Bertz CT molecular complexity index is 456. The third-order valence-corrected chi connectivity index (χ3v) is 4.63. The van der Waals surface area contributed by atoms with Crippen molar-refractivity contribution in [2.24, 2.45) is 5.92 Å². The van der Waals surface area contributed by atoms with Crippen LogP contribution in [0.15, 0.2) is 22.7 Å². The second-order valence-corrected chi connectivity index (χ2v) is 6.16. The Morgan fingerprint density at radius 2 is 1.94 bits per heavy atom. The lowest BCUT2D eigenvalue weighted by molar-refractivity contribution is 0.340. The van der Waals surface area contributed by atoms with Gasteiger partial charge in [0.05, 0.1) is 17.3 Å². The van der Waals surface area contributed by atoms with Crippen LogP contribution in [0.1, 0.15) is 38.2 Å². The largest absolute Gasteiger partial charge is 0.371 e. The maximum Gasteiger partial charge on any atom is 0.0992 e. The fourth-order valence-electron chi connectivity index (χ4n) is 2.69. The lowest BCUT2D eigenvalue weighted by Crippen LogP contribution is -2.35.